The van der Waals surface area contributed by atoms with Crippen LogP contribution >= 0.6 is 11.6 Å². The number of hydrogen-bond donors (Lipinski definition) is 3. The molecule has 3 aliphatic rings. The van der Waals surface area contributed by atoms with Gasteiger partial charge in [0.15, 0.2) is 0 Å². The van der Waals surface area contributed by atoms with Crippen LogP contribution in [0.1, 0.15) is 113 Å². The molecule has 14 heteroatoms. The van der Waals surface area contributed by atoms with E-state index in [4.69, 9.17) is 16.7 Å². The Morgan fingerprint density at radius 2 is 1.86 bits per heavy atom. The standard InChI is InChI=1S/C43H44ClFN8O4/c1-25-28-15-13-27(41(55)48-36-22-32-29(23-46-36)39(44)40(47-32)33-12-10-19-51(33)2)21-35(28)53(50-25)20-9-7-5-3-4-6-8-11-26-14-16-31(45)38-30(26)24-52(43(38)57)34-17-18-37(54)49-42(34)56/h13-16,21-23,33-34,47H,3-7,9-10,12,17-20,24H2,1-2H3,(H,46,48,55)(H,49,54,56)/t33-,34?/m1/s1. The number of halogens is 2. The van der Waals surface area contributed by atoms with E-state index in [1.807, 2.05) is 35.9 Å². The van der Waals surface area contributed by atoms with Crippen molar-refractivity contribution >= 4 is 62.9 Å². The van der Waals surface area contributed by atoms with E-state index >= 15 is 0 Å². The first-order valence-electron chi connectivity index (χ1n) is 19.7. The molecule has 3 N–H and O–H groups in total. The Kier molecular flexibility index (Phi) is 10.8. The maximum atomic E-state index is 14.7. The Morgan fingerprint density at radius 1 is 1.04 bits per heavy atom. The van der Waals surface area contributed by atoms with Crippen molar-refractivity contribution in [1.29, 1.82) is 0 Å². The smallest absolute Gasteiger partial charge is 0.258 e. The minimum Gasteiger partial charge on any atom is -0.356 e. The van der Waals surface area contributed by atoms with Gasteiger partial charge in [-0.05, 0) is 76.9 Å². The number of rotatable bonds is 11. The lowest BCUT2D eigenvalue weighted by Crippen LogP contribution is -2.52. The zero-order chi connectivity index (χ0) is 39.8. The number of hydrogen-bond acceptors (Lipinski definition) is 7. The average Bonchev–Trinajstić information content (AvgIpc) is 3.95. The molecule has 5 aromatic rings. The molecule has 2 fully saturated rings. The number of pyridine rings is 1. The Bertz CT molecular complexity index is 2500. The fraction of sp³-hybridized carbons (Fsp3) is 0.395. The Morgan fingerprint density at radius 3 is 2.67 bits per heavy atom. The number of anilines is 1. The van der Waals surface area contributed by atoms with E-state index in [2.05, 4.69) is 44.4 Å². The molecule has 57 heavy (non-hydrogen) atoms. The Balaban J connectivity index is 0.822. The number of nitrogens with zero attached hydrogens (tertiary/aromatic N) is 5. The molecule has 3 aliphatic heterocycles. The van der Waals surface area contributed by atoms with Gasteiger partial charge in [-0.2, -0.15) is 5.10 Å². The van der Waals surface area contributed by atoms with Gasteiger partial charge in [0, 0.05) is 65.7 Å². The number of likely N-dealkylation sites (tertiary alicyclic amines) is 1. The molecule has 0 spiro atoms. The maximum Gasteiger partial charge on any atom is 0.258 e. The average molecular weight is 791 g/mol. The normalized spacial score (nSPS) is 18.3. The van der Waals surface area contributed by atoms with Crippen molar-refractivity contribution in [2.45, 2.75) is 96.3 Å². The van der Waals surface area contributed by atoms with Crippen LogP contribution in [-0.2, 0) is 22.7 Å². The van der Waals surface area contributed by atoms with E-state index in [1.165, 1.54) is 11.0 Å². The molecule has 12 nitrogen and oxygen atoms in total. The van der Waals surface area contributed by atoms with Crippen LogP contribution in [0.25, 0.3) is 21.8 Å². The van der Waals surface area contributed by atoms with Crippen molar-refractivity contribution in [3.05, 3.63) is 87.1 Å². The minimum absolute atomic E-state index is 0.0407. The summed E-state index contributed by atoms with van der Waals surface area (Å²) in [5, 5.41) is 12.5. The van der Waals surface area contributed by atoms with Crippen LogP contribution in [0.5, 0.6) is 0 Å². The molecule has 8 rings (SSSR count). The third kappa shape index (κ3) is 7.64. The summed E-state index contributed by atoms with van der Waals surface area (Å²) in [6.07, 6.45) is 9.74. The summed E-state index contributed by atoms with van der Waals surface area (Å²) < 4.78 is 16.7. The lowest BCUT2D eigenvalue weighted by molar-refractivity contribution is -0.136. The van der Waals surface area contributed by atoms with Crippen LogP contribution in [0.4, 0.5) is 10.2 Å². The van der Waals surface area contributed by atoms with Crippen LogP contribution in [-0.4, -0.2) is 72.8 Å². The van der Waals surface area contributed by atoms with Crippen molar-refractivity contribution in [3.8, 4) is 11.8 Å². The van der Waals surface area contributed by atoms with Gasteiger partial charge in [-0.25, -0.2) is 9.37 Å². The van der Waals surface area contributed by atoms with E-state index in [-0.39, 0.29) is 42.8 Å². The monoisotopic (exact) mass is 790 g/mol. The van der Waals surface area contributed by atoms with Gasteiger partial charge in [0.05, 0.1) is 39.0 Å². The molecule has 2 aromatic carbocycles. The number of carbonyl (C=O) groups excluding carboxylic acids is 4. The van der Waals surface area contributed by atoms with E-state index in [1.54, 1.807) is 12.3 Å². The topological polar surface area (TPSA) is 145 Å². The maximum absolute atomic E-state index is 14.7. The second kappa shape index (κ2) is 16.1. The summed E-state index contributed by atoms with van der Waals surface area (Å²) >= 11 is 6.75. The van der Waals surface area contributed by atoms with Gasteiger partial charge in [-0.15, -0.1) is 0 Å². The SMILES string of the molecule is Cc1nn(CCCCCCCC#Cc2ccc(F)c3c2CN(C2CCC(=O)NC2=O)C3=O)c2cc(C(=O)Nc3cc4[nH]c([C@H]5CCCN5C)c(Cl)c4cn3)ccc12. The lowest BCUT2D eigenvalue weighted by atomic mass is 10.0. The highest BCUT2D eigenvalue weighted by atomic mass is 35.5. The largest absolute Gasteiger partial charge is 0.356 e. The molecule has 0 bridgehead atoms. The molecule has 0 radical (unpaired) electrons. The zero-order valence-electron chi connectivity index (χ0n) is 32.0. The molecule has 4 amide bonds. The first kappa shape index (κ1) is 38.3. The van der Waals surface area contributed by atoms with Crippen LogP contribution in [0.2, 0.25) is 5.02 Å². The second-order valence-electron chi connectivity index (χ2n) is 15.3. The number of amides is 4. The highest BCUT2D eigenvalue weighted by Crippen LogP contribution is 2.38. The summed E-state index contributed by atoms with van der Waals surface area (Å²) in [5.41, 5.74) is 5.21. The van der Waals surface area contributed by atoms with E-state index in [9.17, 15) is 23.6 Å². The van der Waals surface area contributed by atoms with Crippen molar-refractivity contribution in [2.75, 3.05) is 18.9 Å². The van der Waals surface area contributed by atoms with Gasteiger partial charge in [-0.3, -0.25) is 34.1 Å². The number of imide groups is 1. The van der Waals surface area contributed by atoms with Gasteiger partial charge in [0.1, 0.15) is 17.7 Å². The summed E-state index contributed by atoms with van der Waals surface area (Å²) in [6.45, 7) is 3.82. The Hall–Kier alpha value is -5.58. The molecule has 2 saturated heterocycles. The zero-order valence-corrected chi connectivity index (χ0v) is 32.8. The molecule has 6 heterocycles. The fourth-order valence-electron chi connectivity index (χ4n) is 8.40. The van der Waals surface area contributed by atoms with Crippen molar-refractivity contribution in [1.82, 2.24) is 34.9 Å². The quantitative estimate of drug-likeness (QED) is 0.0730. The summed E-state index contributed by atoms with van der Waals surface area (Å²) in [4.78, 5) is 62.1. The first-order valence-corrected chi connectivity index (χ1v) is 20.1. The molecule has 1 unspecified atom stereocenters. The van der Waals surface area contributed by atoms with Gasteiger partial charge in [0.25, 0.3) is 11.8 Å². The van der Waals surface area contributed by atoms with Crippen LogP contribution in [0.3, 0.4) is 0 Å². The van der Waals surface area contributed by atoms with E-state index in [0.717, 1.165) is 91.2 Å². The number of aryl methyl sites for hydroxylation is 2. The van der Waals surface area contributed by atoms with Crippen molar-refractivity contribution in [2.24, 2.45) is 0 Å². The Labute approximate surface area is 334 Å². The first-order chi connectivity index (χ1) is 27.6. The second-order valence-corrected chi connectivity index (χ2v) is 15.6. The summed E-state index contributed by atoms with van der Waals surface area (Å²) in [5.74, 6) is 4.42. The third-order valence-electron chi connectivity index (χ3n) is 11.5. The molecule has 0 aliphatic carbocycles. The number of aromatic nitrogens is 4. The van der Waals surface area contributed by atoms with Crippen LogP contribution in [0.15, 0.2) is 42.6 Å². The van der Waals surface area contributed by atoms with Crippen LogP contribution in [0, 0.1) is 24.6 Å². The van der Waals surface area contributed by atoms with Crippen molar-refractivity contribution in [3.63, 3.8) is 0 Å². The number of benzene rings is 2. The van der Waals surface area contributed by atoms with Crippen molar-refractivity contribution < 1.29 is 23.6 Å². The van der Waals surface area contributed by atoms with E-state index in [0.29, 0.717) is 34.0 Å². The number of nitrogens with one attached hydrogen (secondary N) is 3. The number of piperidine rings is 1. The summed E-state index contributed by atoms with van der Waals surface area (Å²) in [6, 6.07) is 9.75. The summed E-state index contributed by atoms with van der Waals surface area (Å²) in [7, 11) is 2.11. The highest BCUT2D eigenvalue weighted by molar-refractivity contribution is 6.36. The van der Waals surface area contributed by atoms with Crippen LogP contribution < -0.4 is 10.6 Å². The lowest BCUT2D eigenvalue weighted by Gasteiger charge is -2.29. The number of fused-ring (bicyclic) bond motifs is 3. The third-order valence-corrected chi connectivity index (χ3v) is 11.9. The molecule has 2 atom stereocenters. The number of unbranched alkanes of at least 4 members (excludes halogenated alkanes) is 5. The molecule has 0 saturated carbocycles. The predicted octanol–water partition coefficient (Wildman–Crippen LogP) is 7.19. The van der Waals surface area contributed by atoms with Gasteiger partial charge in [-0.1, -0.05) is 48.8 Å². The number of aromatic amines is 1. The highest BCUT2D eigenvalue weighted by Gasteiger charge is 2.41. The predicted molar refractivity (Wildman–Crippen MR) is 215 cm³/mol. The molecular weight excluding hydrogens is 747 g/mol. The van der Waals surface area contributed by atoms with Gasteiger partial charge < -0.3 is 15.2 Å². The van der Waals surface area contributed by atoms with E-state index < -0.39 is 23.7 Å². The fourth-order valence-corrected chi connectivity index (χ4v) is 8.73. The van der Waals surface area contributed by atoms with Gasteiger partial charge in [0.2, 0.25) is 11.8 Å². The molecular formula is C43H44ClFN8O4. The number of H-pyrrole nitrogens is 1. The molecule has 3 aromatic heterocycles. The minimum atomic E-state index is -0.809. The number of carbonyl (C=O) groups is 4. The molecule has 294 valence electrons. The van der Waals surface area contributed by atoms with Gasteiger partial charge >= 0.3 is 0 Å².